The minimum absolute atomic E-state index is 0.0460. The largest absolute Gasteiger partial charge is 0.490 e. The molecule has 3 aromatic carbocycles. The molecule has 0 saturated carbocycles. The van der Waals surface area contributed by atoms with Crippen molar-refractivity contribution in [1.29, 1.82) is 0 Å². The first-order chi connectivity index (χ1) is 19.4. The van der Waals surface area contributed by atoms with Gasteiger partial charge in [0.15, 0.2) is 16.3 Å². The minimum Gasteiger partial charge on any atom is -0.490 e. The number of esters is 1. The predicted molar refractivity (Wildman–Crippen MR) is 153 cm³/mol. The number of fused-ring (bicyclic) bond motifs is 3. The lowest BCUT2D eigenvalue weighted by Gasteiger charge is -2.24. The SMILES string of the molecule is CCOC(=O)C1=C(C)N=c2s/c(=C\c3c(OC(C)C)ccc4ccccc34)c(=O)n2[C@H]1c1ccc2c(c1)OCO2. The van der Waals surface area contributed by atoms with Crippen molar-refractivity contribution >= 4 is 34.2 Å². The Morgan fingerprint density at radius 3 is 2.75 bits per heavy atom. The van der Waals surface area contributed by atoms with E-state index in [0.29, 0.717) is 43.4 Å². The number of thiazole rings is 1. The van der Waals surface area contributed by atoms with Gasteiger partial charge >= 0.3 is 5.97 Å². The van der Waals surface area contributed by atoms with Gasteiger partial charge in [-0.2, -0.15) is 0 Å². The van der Waals surface area contributed by atoms with Crippen LogP contribution in [0.15, 0.2) is 75.7 Å². The average Bonchev–Trinajstić information content (AvgIpc) is 3.52. The second kappa shape index (κ2) is 10.3. The van der Waals surface area contributed by atoms with Crippen LogP contribution >= 0.6 is 11.3 Å². The van der Waals surface area contributed by atoms with E-state index in [9.17, 15) is 9.59 Å². The summed E-state index contributed by atoms with van der Waals surface area (Å²) in [5.74, 6) is 1.35. The van der Waals surface area contributed by atoms with Crippen molar-refractivity contribution < 1.29 is 23.7 Å². The van der Waals surface area contributed by atoms with Crippen LogP contribution in [0.3, 0.4) is 0 Å². The molecule has 9 heteroatoms. The molecule has 0 amide bonds. The summed E-state index contributed by atoms with van der Waals surface area (Å²) < 4.78 is 24.7. The topological polar surface area (TPSA) is 88.4 Å². The fraction of sp³-hybridized carbons (Fsp3) is 0.258. The maximum atomic E-state index is 14.1. The summed E-state index contributed by atoms with van der Waals surface area (Å²) in [6.45, 7) is 7.78. The van der Waals surface area contributed by atoms with Gasteiger partial charge in [-0.25, -0.2) is 9.79 Å². The van der Waals surface area contributed by atoms with E-state index in [0.717, 1.165) is 16.3 Å². The third-order valence-electron chi connectivity index (χ3n) is 6.80. The van der Waals surface area contributed by atoms with Crippen molar-refractivity contribution in [2.24, 2.45) is 4.99 Å². The summed E-state index contributed by atoms with van der Waals surface area (Å²) >= 11 is 1.28. The van der Waals surface area contributed by atoms with E-state index < -0.39 is 12.0 Å². The zero-order valence-electron chi connectivity index (χ0n) is 22.6. The van der Waals surface area contributed by atoms with Crippen molar-refractivity contribution in [2.45, 2.75) is 39.8 Å². The Hall–Kier alpha value is -4.37. The molecule has 0 bridgehead atoms. The van der Waals surface area contributed by atoms with E-state index >= 15 is 0 Å². The number of carbonyl (C=O) groups excluding carboxylic acids is 1. The van der Waals surface area contributed by atoms with Crippen LogP contribution in [0, 0.1) is 0 Å². The molecule has 2 aliphatic heterocycles. The summed E-state index contributed by atoms with van der Waals surface area (Å²) in [6.07, 6.45) is 1.82. The number of carbonyl (C=O) groups is 1. The second-order valence-electron chi connectivity index (χ2n) is 9.78. The maximum absolute atomic E-state index is 14.1. The summed E-state index contributed by atoms with van der Waals surface area (Å²) in [7, 11) is 0. The molecule has 8 nitrogen and oxygen atoms in total. The normalized spacial score (nSPS) is 16.3. The molecule has 4 aromatic rings. The minimum atomic E-state index is -0.745. The predicted octanol–water partition coefficient (Wildman–Crippen LogP) is 4.47. The third kappa shape index (κ3) is 4.46. The van der Waals surface area contributed by atoms with Crippen LogP contribution < -0.4 is 29.1 Å². The van der Waals surface area contributed by atoms with Crippen molar-refractivity contribution in [3.63, 3.8) is 0 Å². The molecule has 0 fully saturated rings. The highest BCUT2D eigenvalue weighted by molar-refractivity contribution is 7.07. The monoisotopic (exact) mass is 556 g/mol. The molecule has 0 N–H and O–H groups in total. The molecule has 204 valence electrons. The van der Waals surface area contributed by atoms with E-state index in [-0.39, 0.29) is 25.1 Å². The number of rotatable bonds is 6. The summed E-state index contributed by atoms with van der Waals surface area (Å²) in [6, 6.07) is 16.6. The number of ether oxygens (including phenoxy) is 4. The number of benzene rings is 3. The number of allylic oxidation sites excluding steroid dienone is 1. The van der Waals surface area contributed by atoms with Gasteiger partial charge in [0.2, 0.25) is 6.79 Å². The van der Waals surface area contributed by atoms with E-state index in [1.165, 1.54) is 11.3 Å². The summed E-state index contributed by atoms with van der Waals surface area (Å²) in [5.41, 5.74) is 2.07. The molecule has 3 heterocycles. The molecular formula is C31H28N2O6S. The molecule has 0 unspecified atom stereocenters. The van der Waals surface area contributed by atoms with E-state index in [2.05, 4.69) is 4.99 Å². The van der Waals surface area contributed by atoms with Gasteiger partial charge in [-0.1, -0.05) is 47.7 Å². The summed E-state index contributed by atoms with van der Waals surface area (Å²) in [5, 5.41) is 2.01. The van der Waals surface area contributed by atoms with Crippen molar-refractivity contribution in [2.75, 3.05) is 13.4 Å². The first-order valence-corrected chi connectivity index (χ1v) is 13.9. The van der Waals surface area contributed by atoms with Gasteiger partial charge in [0.1, 0.15) is 5.75 Å². The molecule has 0 spiro atoms. The zero-order chi connectivity index (χ0) is 28.0. The highest BCUT2D eigenvalue weighted by atomic mass is 32.1. The van der Waals surface area contributed by atoms with Crippen LogP contribution in [0.4, 0.5) is 0 Å². The quantitative estimate of drug-likeness (QED) is 0.326. The molecule has 0 saturated heterocycles. The first kappa shape index (κ1) is 25.9. The van der Waals surface area contributed by atoms with Gasteiger partial charge in [0.25, 0.3) is 5.56 Å². The molecule has 0 aliphatic carbocycles. The van der Waals surface area contributed by atoms with Crippen LogP contribution in [0.1, 0.15) is 44.9 Å². The van der Waals surface area contributed by atoms with Gasteiger partial charge in [0, 0.05) is 5.56 Å². The molecule has 0 radical (unpaired) electrons. The van der Waals surface area contributed by atoms with E-state index in [1.54, 1.807) is 30.5 Å². The highest BCUT2D eigenvalue weighted by Crippen LogP contribution is 2.38. The Bertz CT molecular complexity index is 1870. The Morgan fingerprint density at radius 1 is 1.15 bits per heavy atom. The Kier molecular flexibility index (Phi) is 6.67. The highest BCUT2D eigenvalue weighted by Gasteiger charge is 2.34. The Morgan fingerprint density at radius 2 is 1.95 bits per heavy atom. The van der Waals surface area contributed by atoms with Gasteiger partial charge in [-0.05, 0) is 68.3 Å². The summed E-state index contributed by atoms with van der Waals surface area (Å²) in [4.78, 5) is 32.5. The fourth-order valence-corrected chi connectivity index (χ4v) is 6.13. The second-order valence-corrected chi connectivity index (χ2v) is 10.8. The van der Waals surface area contributed by atoms with Crippen molar-refractivity contribution in [3.05, 3.63) is 96.7 Å². The molecule has 40 heavy (non-hydrogen) atoms. The molecule has 1 atom stereocenters. The fourth-order valence-electron chi connectivity index (χ4n) is 5.10. The van der Waals surface area contributed by atoms with Crippen LogP contribution in [0.25, 0.3) is 16.8 Å². The lowest BCUT2D eigenvalue weighted by molar-refractivity contribution is -0.139. The lowest BCUT2D eigenvalue weighted by atomic mass is 9.95. The Labute approximate surface area is 234 Å². The van der Waals surface area contributed by atoms with E-state index in [4.69, 9.17) is 18.9 Å². The van der Waals surface area contributed by atoms with Gasteiger partial charge in [0.05, 0.1) is 34.6 Å². The number of hydrogen-bond donors (Lipinski definition) is 0. The van der Waals surface area contributed by atoms with Gasteiger partial charge in [-0.3, -0.25) is 9.36 Å². The number of hydrogen-bond acceptors (Lipinski definition) is 8. The number of nitrogens with zero attached hydrogens (tertiary/aromatic N) is 2. The third-order valence-corrected chi connectivity index (χ3v) is 7.78. The standard InChI is InChI=1S/C31H28N2O6S/c1-5-36-30(35)27-18(4)32-31-33(28(27)20-11-13-24-25(14-20)38-16-37-24)29(34)26(40-31)15-22-21-9-7-6-8-19(21)10-12-23(22)39-17(2)3/h6-15,17,28H,5,16H2,1-4H3/b26-15-/t28-/m0/s1. The molecule has 1 aromatic heterocycles. The van der Waals surface area contributed by atoms with Crippen LogP contribution in [0.2, 0.25) is 0 Å². The zero-order valence-corrected chi connectivity index (χ0v) is 23.4. The van der Waals surface area contributed by atoms with Crippen molar-refractivity contribution in [3.8, 4) is 17.2 Å². The van der Waals surface area contributed by atoms with Gasteiger partial charge < -0.3 is 18.9 Å². The van der Waals surface area contributed by atoms with Crippen molar-refractivity contribution in [1.82, 2.24) is 4.57 Å². The lowest BCUT2D eigenvalue weighted by Crippen LogP contribution is -2.39. The number of aromatic nitrogens is 1. The van der Waals surface area contributed by atoms with Gasteiger partial charge in [-0.15, -0.1) is 0 Å². The van der Waals surface area contributed by atoms with Crippen LogP contribution in [-0.2, 0) is 9.53 Å². The molecule has 6 rings (SSSR count). The smallest absolute Gasteiger partial charge is 0.338 e. The first-order valence-electron chi connectivity index (χ1n) is 13.1. The molecule has 2 aliphatic rings. The van der Waals surface area contributed by atoms with Crippen LogP contribution in [-0.4, -0.2) is 30.0 Å². The average molecular weight is 557 g/mol. The van der Waals surface area contributed by atoms with Crippen LogP contribution in [0.5, 0.6) is 17.2 Å². The maximum Gasteiger partial charge on any atom is 0.338 e. The molecular weight excluding hydrogens is 528 g/mol. The Balaban J connectivity index is 1.59. The van der Waals surface area contributed by atoms with E-state index in [1.807, 2.05) is 62.4 Å².